The first-order valence-corrected chi connectivity index (χ1v) is 10.0. The van der Waals surface area contributed by atoms with Crippen LogP contribution in [0, 0.1) is 10.1 Å². The van der Waals surface area contributed by atoms with Gasteiger partial charge in [-0.05, 0) is 40.2 Å². The van der Waals surface area contributed by atoms with Crippen molar-refractivity contribution in [2.75, 3.05) is 20.2 Å². The number of carbonyl (C=O) groups is 2. The number of esters is 1. The number of nitro groups is 1. The largest absolute Gasteiger partial charge is 0.463 e. The van der Waals surface area contributed by atoms with Gasteiger partial charge in [0.15, 0.2) is 0 Å². The Hall–Kier alpha value is -2.94. The SMILES string of the molecule is CCOC(=O)C1=C(CN(C(C)C)C(C)C)N(C)C(=O)NC1c1cccc([N+](=O)[O-])c1. The highest BCUT2D eigenvalue weighted by Gasteiger charge is 2.38. The first-order chi connectivity index (χ1) is 14.1. The molecule has 1 unspecified atom stereocenters. The van der Waals surface area contributed by atoms with Crippen LogP contribution in [-0.4, -0.2) is 59.0 Å². The van der Waals surface area contributed by atoms with Crippen molar-refractivity contribution in [2.45, 2.75) is 52.7 Å². The molecule has 2 amide bonds. The first kappa shape index (κ1) is 23.3. The Kier molecular flexibility index (Phi) is 7.55. The normalized spacial score (nSPS) is 17.0. The van der Waals surface area contributed by atoms with Crippen molar-refractivity contribution in [1.82, 2.24) is 15.1 Å². The standard InChI is InChI=1S/C21H30N4O5/c1-7-30-20(26)18-17(12-24(13(2)3)14(4)5)23(6)21(27)22-19(18)15-9-8-10-16(11-15)25(28)29/h8-11,13-14,19H,7,12H2,1-6H3,(H,22,27). The fourth-order valence-corrected chi connectivity index (χ4v) is 3.60. The number of urea groups is 1. The van der Waals surface area contributed by atoms with E-state index in [2.05, 4.69) is 10.2 Å². The van der Waals surface area contributed by atoms with Crippen LogP contribution < -0.4 is 5.32 Å². The number of nitrogens with zero attached hydrogens (tertiary/aromatic N) is 3. The second-order valence-electron chi connectivity index (χ2n) is 7.73. The molecule has 0 saturated heterocycles. The lowest BCUT2D eigenvalue weighted by atomic mass is 9.93. The Morgan fingerprint density at radius 3 is 2.47 bits per heavy atom. The molecule has 30 heavy (non-hydrogen) atoms. The van der Waals surface area contributed by atoms with E-state index in [1.54, 1.807) is 20.0 Å². The number of likely N-dealkylation sites (N-methyl/N-ethyl adjacent to an activating group) is 1. The number of hydrogen-bond donors (Lipinski definition) is 1. The second kappa shape index (κ2) is 9.71. The van der Waals surface area contributed by atoms with Crippen LogP contribution in [0.1, 0.15) is 46.2 Å². The predicted octanol–water partition coefficient (Wildman–Crippen LogP) is 3.23. The summed E-state index contributed by atoms with van der Waals surface area (Å²) < 4.78 is 5.30. The summed E-state index contributed by atoms with van der Waals surface area (Å²) >= 11 is 0. The van der Waals surface area contributed by atoms with Gasteiger partial charge >= 0.3 is 12.0 Å². The lowest BCUT2D eigenvalue weighted by molar-refractivity contribution is -0.384. The zero-order valence-corrected chi connectivity index (χ0v) is 18.3. The number of nitrogens with one attached hydrogen (secondary N) is 1. The van der Waals surface area contributed by atoms with Gasteiger partial charge in [0.25, 0.3) is 5.69 Å². The Balaban J connectivity index is 2.66. The van der Waals surface area contributed by atoms with Gasteiger partial charge in [-0.25, -0.2) is 9.59 Å². The maximum absolute atomic E-state index is 13.0. The van der Waals surface area contributed by atoms with Crippen molar-refractivity contribution in [3.05, 3.63) is 51.2 Å². The Bertz CT molecular complexity index is 842. The molecular formula is C21H30N4O5. The highest BCUT2D eigenvalue weighted by atomic mass is 16.6. The van der Waals surface area contributed by atoms with Crippen molar-refractivity contribution in [3.8, 4) is 0 Å². The van der Waals surface area contributed by atoms with Gasteiger partial charge in [-0.2, -0.15) is 0 Å². The summed E-state index contributed by atoms with van der Waals surface area (Å²) in [5.74, 6) is -0.552. The topological polar surface area (TPSA) is 105 Å². The molecule has 1 N–H and O–H groups in total. The summed E-state index contributed by atoms with van der Waals surface area (Å²) in [6, 6.07) is 5.05. The van der Waals surface area contributed by atoms with E-state index in [9.17, 15) is 19.7 Å². The van der Waals surface area contributed by atoms with Gasteiger partial charge in [-0.1, -0.05) is 12.1 Å². The molecular weight excluding hydrogens is 388 g/mol. The van der Waals surface area contributed by atoms with E-state index in [4.69, 9.17) is 4.74 Å². The minimum Gasteiger partial charge on any atom is -0.463 e. The number of carbonyl (C=O) groups excluding carboxylic acids is 2. The van der Waals surface area contributed by atoms with Gasteiger partial charge in [0.05, 0.1) is 23.1 Å². The minimum atomic E-state index is -0.844. The number of amides is 2. The number of rotatable bonds is 8. The van der Waals surface area contributed by atoms with Gasteiger partial charge in [0.1, 0.15) is 0 Å². The van der Waals surface area contributed by atoms with Gasteiger partial charge in [0.2, 0.25) is 0 Å². The van der Waals surface area contributed by atoms with Crippen molar-refractivity contribution in [1.29, 1.82) is 0 Å². The number of nitro benzene ring substituents is 1. The molecule has 9 nitrogen and oxygen atoms in total. The van der Waals surface area contributed by atoms with Crippen LogP contribution in [0.3, 0.4) is 0 Å². The molecule has 0 fully saturated rings. The lowest BCUT2D eigenvalue weighted by Crippen LogP contribution is -2.50. The fourth-order valence-electron chi connectivity index (χ4n) is 3.60. The van der Waals surface area contributed by atoms with E-state index in [-0.39, 0.29) is 36.0 Å². The summed E-state index contributed by atoms with van der Waals surface area (Å²) in [4.78, 5) is 40.0. The van der Waals surface area contributed by atoms with Gasteiger partial charge < -0.3 is 10.1 Å². The molecule has 0 aliphatic carbocycles. The quantitative estimate of drug-likeness (QED) is 0.395. The maximum Gasteiger partial charge on any atom is 0.338 e. The Morgan fingerprint density at radius 2 is 1.93 bits per heavy atom. The monoisotopic (exact) mass is 418 g/mol. The molecule has 0 saturated carbocycles. The smallest absolute Gasteiger partial charge is 0.338 e. The number of hydrogen-bond acceptors (Lipinski definition) is 6. The number of ether oxygens (including phenoxy) is 1. The number of benzene rings is 1. The third-order valence-electron chi connectivity index (χ3n) is 5.15. The first-order valence-electron chi connectivity index (χ1n) is 10.0. The van der Waals surface area contributed by atoms with E-state index in [1.165, 1.54) is 23.1 Å². The van der Waals surface area contributed by atoms with Crippen molar-refractivity contribution >= 4 is 17.7 Å². The molecule has 164 valence electrons. The van der Waals surface area contributed by atoms with Crippen LogP contribution in [0.2, 0.25) is 0 Å². The van der Waals surface area contributed by atoms with E-state index < -0.39 is 16.9 Å². The molecule has 1 atom stereocenters. The summed E-state index contributed by atoms with van der Waals surface area (Å²) in [5, 5.41) is 14.0. The van der Waals surface area contributed by atoms with E-state index in [1.807, 2.05) is 27.7 Å². The molecule has 1 aromatic carbocycles. The summed E-state index contributed by atoms with van der Waals surface area (Å²) in [5.41, 5.74) is 1.14. The third-order valence-corrected chi connectivity index (χ3v) is 5.15. The van der Waals surface area contributed by atoms with Gasteiger partial charge in [-0.15, -0.1) is 0 Å². The van der Waals surface area contributed by atoms with Gasteiger partial charge in [0, 0.05) is 43.5 Å². The maximum atomic E-state index is 13.0. The highest BCUT2D eigenvalue weighted by Crippen LogP contribution is 2.33. The van der Waals surface area contributed by atoms with Gasteiger partial charge in [-0.3, -0.25) is 19.9 Å². The van der Waals surface area contributed by atoms with Crippen LogP contribution in [0.25, 0.3) is 0 Å². The summed E-state index contributed by atoms with van der Waals surface area (Å²) in [7, 11) is 1.60. The third kappa shape index (κ3) is 4.96. The average Bonchev–Trinajstić information content (AvgIpc) is 2.68. The van der Waals surface area contributed by atoms with Crippen LogP contribution in [0.4, 0.5) is 10.5 Å². The van der Waals surface area contributed by atoms with E-state index in [0.29, 0.717) is 17.8 Å². The van der Waals surface area contributed by atoms with Crippen LogP contribution in [0.15, 0.2) is 35.5 Å². The van der Waals surface area contributed by atoms with Crippen LogP contribution >= 0.6 is 0 Å². The average molecular weight is 418 g/mol. The van der Waals surface area contributed by atoms with Crippen LogP contribution in [0.5, 0.6) is 0 Å². The van der Waals surface area contributed by atoms with Crippen molar-refractivity contribution < 1.29 is 19.2 Å². The molecule has 9 heteroatoms. The summed E-state index contributed by atoms with van der Waals surface area (Å²) in [6.07, 6.45) is 0. The zero-order valence-electron chi connectivity index (χ0n) is 18.3. The Labute approximate surface area is 176 Å². The molecule has 0 bridgehead atoms. The van der Waals surface area contributed by atoms with Crippen molar-refractivity contribution in [3.63, 3.8) is 0 Å². The van der Waals surface area contributed by atoms with Crippen LogP contribution in [-0.2, 0) is 9.53 Å². The number of non-ortho nitro benzene ring substituents is 1. The van der Waals surface area contributed by atoms with E-state index >= 15 is 0 Å². The lowest BCUT2D eigenvalue weighted by Gasteiger charge is -2.39. The highest BCUT2D eigenvalue weighted by molar-refractivity contribution is 5.95. The minimum absolute atomic E-state index is 0.114. The summed E-state index contributed by atoms with van der Waals surface area (Å²) in [6.45, 7) is 10.4. The molecule has 0 aromatic heterocycles. The molecule has 1 heterocycles. The second-order valence-corrected chi connectivity index (χ2v) is 7.73. The Morgan fingerprint density at radius 1 is 1.30 bits per heavy atom. The molecule has 1 aliphatic rings. The predicted molar refractivity (Wildman–Crippen MR) is 113 cm³/mol. The fraction of sp³-hybridized carbons (Fsp3) is 0.524. The van der Waals surface area contributed by atoms with E-state index in [0.717, 1.165) is 0 Å². The molecule has 0 spiro atoms. The van der Waals surface area contributed by atoms with Crippen molar-refractivity contribution in [2.24, 2.45) is 0 Å². The zero-order chi connectivity index (χ0) is 22.6. The molecule has 1 aromatic rings. The molecule has 0 radical (unpaired) electrons. The molecule has 2 rings (SSSR count). The molecule has 1 aliphatic heterocycles.